The number of hydrogen-bond acceptors (Lipinski definition) is 5. The van der Waals surface area contributed by atoms with Crippen molar-refractivity contribution in [3.05, 3.63) is 48.0 Å². The summed E-state index contributed by atoms with van der Waals surface area (Å²) in [5, 5.41) is 9.73. The Morgan fingerprint density at radius 3 is 2.96 bits per heavy atom. The maximum Gasteiger partial charge on any atom is 0.411 e. The highest BCUT2D eigenvalue weighted by Crippen LogP contribution is 2.36. The molecule has 2 aliphatic rings. The Kier molecular flexibility index (Phi) is 5.18. The number of cyclic esters (lactones) is 1. The third-order valence-electron chi connectivity index (χ3n) is 4.59. The summed E-state index contributed by atoms with van der Waals surface area (Å²) in [6, 6.07) is 9.53. The fourth-order valence-corrected chi connectivity index (χ4v) is 3.21. The Bertz CT molecular complexity index is 590. The molecule has 0 spiro atoms. The number of fused-ring (bicyclic) bond motifs is 1. The van der Waals surface area contributed by atoms with E-state index in [1.807, 2.05) is 42.5 Å². The number of amides is 1. The molecular formula is C18H23NO5. The quantitative estimate of drug-likeness (QED) is 0.470. The van der Waals surface area contributed by atoms with Gasteiger partial charge in [-0.3, -0.25) is 4.90 Å². The maximum atomic E-state index is 12.1. The van der Waals surface area contributed by atoms with Crippen LogP contribution in [0.15, 0.2) is 42.5 Å². The van der Waals surface area contributed by atoms with Crippen LogP contribution in [0.2, 0.25) is 0 Å². The Morgan fingerprint density at radius 2 is 2.21 bits per heavy atom. The van der Waals surface area contributed by atoms with Gasteiger partial charge in [-0.25, -0.2) is 4.79 Å². The van der Waals surface area contributed by atoms with Gasteiger partial charge in [0.2, 0.25) is 0 Å². The number of nitrogens with zero attached hydrogens (tertiary/aromatic N) is 1. The monoisotopic (exact) mass is 333 g/mol. The fourth-order valence-electron chi connectivity index (χ4n) is 3.21. The molecule has 1 fully saturated rings. The average Bonchev–Trinajstić information content (AvgIpc) is 2.88. The van der Waals surface area contributed by atoms with Crippen LogP contribution < -0.4 is 0 Å². The fraction of sp³-hybridized carbons (Fsp3) is 0.500. The maximum absolute atomic E-state index is 12.1. The summed E-state index contributed by atoms with van der Waals surface area (Å²) in [5.41, 5.74) is 0.111. The van der Waals surface area contributed by atoms with Crippen LogP contribution in [0.4, 0.5) is 4.79 Å². The van der Waals surface area contributed by atoms with Crippen molar-refractivity contribution < 1.29 is 24.1 Å². The molecule has 1 N–H and O–H groups in total. The van der Waals surface area contributed by atoms with Gasteiger partial charge in [-0.2, -0.15) is 0 Å². The Morgan fingerprint density at radius 1 is 1.42 bits per heavy atom. The number of aliphatic hydroxyl groups excluding tert-OH is 1. The molecule has 0 aliphatic carbocycles. The Labute approximate surface area is 141 Å². The summed E-state index contributed by atoms with van der Waals surface area (Å²) in [4.78, 5) is 13.7. The highest BCUT2D eigenvalue weighted by Gasteiger charge is 2.55. The molecule has 0 radical (unpaired) electrons. The van der Waals surface area contributed by atoms with Gasteiger partial charge in [-0.05, 0) is 18.9 Å². The van der Waals surface area contributed by atoms with Gasteiger partial charge < -0.3 is 19.3 Å². The molecule has 0 bridgehead atoms. The summed E-state index contributed by atoms with van der Waals surface area (Å²) < 4.78 is 16.8. The highest BCUT2D eigenvalue weighted by atomic mass is 16.7. The van der Waals surface area contributed by atoms with Gasteiger partial charge in [0.1, 0.15) is 12.9 Å². The van der Waals surface area contributed by atoms with E-state index >= 15 is 0 Å². The SMILES string of the molecule is C[C@@]1([C@H](CO)OCOCc2ccccc2)OC(=O)N2CCC=C[C@@H]21. The second-order valence-electron chi connectivity index (χ2n) is 6.20. The van der Waals surface area contributed by atoms with Crippen LogP contribution in [0.5, 0.6) is 0 Å². The lowest BCUT2D eigenvalue weighted by Gasteiger charge is -2.36. The first-order chi connectivity index (χ1) is 11.6. The summed E-state index contributed by atoms with van der Waals surface area (Å²) in [7, 11) is 0. The minimum Gasteiger partial charge on any atom is -0.438 e. The summed E-state index contributed by atoms with van der Waals surface area (Å²) in [5.74, 6) is 0. The van der Waals surface area contributed by atoms with Crippen molar-refractivity contribution in [3.8, 4) is 0 Å². The minimum atomic E-state index is -0.932. The summed E-state index contributed by atoms with van der Waals surface area (Å²) in [6.45, 7) is 2.60. The average molecular weight is 333 g/mol. The van der Waals surface area contributed by atoms with Crippen LogP contribution in [0.1, 0.15) is 18.9 Å². The molecule has 1 aromatic rings. The van der Waals surface area contributed by atoms with E-state index in [-0.39, 0.29) is 25.5 Å². The lowest BCUT2D eigenvalue weighted by Crippen LogP contribution is -2.53. The highest BCUT2D eigenvalue weighted by molar-refractivity contribution is 5.72. The first-order valence-electron chi connectivity index (χ1n) is 8.15. The predicted octanol–water partition coefficient (Wildman–Crippen LogP) is 2.08. The number of carbonyl (C=O) groups is 1. The van der Waals surface area contributed by atoms with E-state index in [1.54, 1.807) is 11.8 Å². The number of hydrogen-bond donors (Lipinski definition) is 1. The van der Waals surface area contributed by atoms with Crippen molar-refractivity contribution in [2.24, 2.45) is 0 Å². The third-order valence-corrected chi connectivity index (χ3v) is 4.59. The summed E-state index contributed by atoms with van der Waals surface area (Å²) in [6.07, 6.45) is 3.77. The van der Waals surface area contributed by atoms with Crippen molar-refractivity contribution in [1.29, 1.82) is 0 Å². The van der Waals surface area contributed by atoms with Crippen LogP contribution in [0.25, 0.3) is 0 Å². The Hall–Kier alpha value is -1.89. The van der Waals surface area contributed by atoms with Crippen molar-refractivity contribution in [2.45, 2.75) is 37.7 Å². The van der Waals surface area contributed by atoms with Crippen LogP contribution >= 0.6 is 0 Å². The third kappa shape index (κ3) is 3.31. The number of rotatable bonds is 7. The van der Waals surface area contributed by atoms with Gasteiger partial charge in [0.25, 0.3) is 0 Å². The van der Waals surface area contributed by atoms with Crippen molar-refractivity contribution in [2.75, 3.05) is 19.9 Å². The van der Waals surface area contributed by atoms with Gasteiger partial charge in [0, 0.05) is 6.54 Å². The summed E-state index contributed by atoms with van der Waals surface area (Å²) >= 11 is 0. The van der Waals surface area contributed by atoms with E-state index in [0.29, 0.717) is 13.2 Å². The zero-order chi connectivity index (χ0) is 17.0. The standard InChI is InChI=1S/C18H23NO5/c1-18(15-9-5-6-10-19(15)17(21)24-18)16(11-20)23-13-22-12-14-7-3-2-4-8-14/h2-5,7-9,15-16,20H,6,10-13H2,1H3/t15-,16+,18-/m1/s1. The molecule has 130 valence electrons. The van der Waals surface area contributed by atoms with E-state index in [4.69, 9.17) is 14.2 Å². The van der Waals surface area contributed by atoms with Gasteiger partial charge in [-0.15, -0.1) is 0 Å². The van der Waals surface area contributed by atoms with Crippen molar-refractivity contribution in [1.82, 2.24) is 4.90 Å². The van der Waals surface area contributed by atoms with Crippen LogP contribution in [-0.4, -0.2) is 53.8 Å². The molecule has 24 heavy (non-hydrogen) atoms. The molecule has 0 unspecified atom stereocenters. The van der Waals surface area contributed by atoms with Crippen molar-refractivity contribution >= 4 is 6.09 Å². The molecule has 1 saturated heterocycles. The van der Waals surface area contributed by atoms with Crippen molar-refractivity contribution in [3.63, 3.8) is 0 Å². The molecule has 2 heterocycles. The molecule has 3 atom stereocenters. The van der Waals surface area contributed by atoms with E-state index in [2.05, 4.69) is 0 Å². The molecule has 1 aromatic carbocycles. The first kappa shape index (κ1) is 17.0. The first-order valence-corrected chi connectivity index (χ1v) is 8.15. The zero-order valence-corrected chi connectivity index (χ0v) is 13.8. The molecule has 0 saturated carbocycles. The van der Waals surface area contributed by atoms with E-state index in [0.717, 1.165) is 12.0 Å². The van der Waals surface area contributed by atoms with E-state index in [1.165, 1.54) is 0 Å². The van der Waals surface area contributed by atoms with Gasteiger partial charge in [0.05, 0.1) is 19.3 Å². The molecule has 6 heteroatoms. The van der Waals surface area contributed by atoms with E-state index < -0.39 is 11.7 Å². The molecule has 2 aliphatic heterocycles. The van der Waals surface area contributed by atoms with E-state index in [9.17, 15) is 9.90 Å². The normalized spacial score (nSPS) is 27.0. The minimum absolute atomic E-state index is 0.0176. The zero-order valence-electron chi connectivity index (χ0n) is 13.8. The van der Waals surface area contributed by atoms with Crippen LogP contribution in [-0.2, 0) is 20.8 Å². The second-order valence-corrected chi connectivity index (χ2v) is 6.20. The van der Waals surface area contributed by atoms with Gasteiger partial charge >= 0.3 is 6.09 Å². The van der Waals surface area contributed by atoms with Gasteiger partial charge in [-0.1, -0.05) is 42.5 Å². The Balaban J connectivity index is 1.58. The van der Waals surface area contributed by atoms with Gasteiger partial charge in [0.15, 0.2) is 5.60 Å². The lowest BCUT2D eigenvalue weighted by molar-refractivity contribution is -0.167. The molecule has 3 rings (SSSR count). The number of ether oxygens (including phenoxy) is 3. The topological polar surface area (TPSA) is 68.2 Å². The molecule has 1 amide bonds. The molecule has 0 aromatic heterocycles. The lowest BCUT2D eigenvalue weighted by atomic mass is 9.88. The molecule has 6 nitrogen and oxygen atoms in total. The number of aliphatic hydroxyl groups is 1. The predicted molar refractivity (Wildman–Crippen MR) is 87.2 cm³/mol. The largest absolute Gasteiger partial charge is 0.438 e. The number of benzene rings is 1. The molecular weight excluding hydrogens is 310 g/mol. The second kappa shape index (κ2) is 7.34. The number of carbonyl (C=O) groups excluding carboxylic acids is 1. The smallest absolute Gasteiger partial charge is 0.411 e. The van der Waals surface area contributed by atoms with Crippen LogP contribution in [0, 0.1) is 0 Å². The van der Waals surface area contributed by atoms with Crippen LogP contribution in [0.3, 0.4) is 0 Å².